The lowest BCUT2D eigenvalue weighted by molar-refractivity contribution is -0.140. The van der Waals surface area contributed by atoms with E-state index in [0.717, 1.165) is 11.1 Å². The van der Waals surface area contributed by atoms with Gasteiger partial charge in [-0.25, -0.2) is 0 Å². The lowest BCUT2D eigenvalue weighted by Crippen LogP contribution is -2.40. The molecule has 1 aliphatic heterocycles. The summed E-state index contributed by atoms with van der Waals surface area (Å²) < 4.78 is 11.0. The molecule has 5 heteroatoms. The second-order valence-electron chi connectivity index (χ2n) is 7.16. The van der Waals surface area contributed by atoms with Crippen molar-refractivity contribution in [1.29, 1.82) is 0 Å². The molecule has 2 heterocycles. The highest BCUT2D eigenvalue weighted by atomic mass is 16.5. The van der Waals surface area contributed by atoms with Crippen LogP contribution in [0.1, 0.15) is 44.4 Å². The van der Waals surface area contributed by atoms with Crippen LogP contribution >= 0.6 is 0 Å². The Bertz CT molecular complexity index is 806. The standard InChI is InChI=1S/C21H23NO4/c1-15(17-7-5-4-6-8-17)22(13-16-9-10-25-14-16)20(24)19-11-18(23)12-21(2,3)26-19/h4-11,14-15H,12-13H2,1-3H3/t15-/m1/s1. The number of amides is 1. The average molecular weight is 353 g/mol. The number of rotatable bonds is 5. The Morgan fingerprint density at radius 3 is 2.58 bits per heavy atom. The molecule has 3 rings (SSSR count). The summed E-state index contributed by atoms with van der Waals surface area (Å²) in [5.74, 6) is -0.304. The first kappa shape index (κ1) is 18.0. The molecule has 1 aliphatic rings. The van der Waals surface area contributed by atoms with E-state index >= 15 is 0 Å². The van der Waals surface area contributed by atoms with E-state index in [2.05, 4.69) is 0 Å². The van der Waals surface area contributed by atoms with Crippen LogP contribution in [0.4, 0.5) is 0 Å². The van der Waals surface area contributed by atoms with Gasteiger partial charge in [-0.15, -0.1) is 0 Å². The van der Waals surface area contributed by atoms with Gasteiger partial charge < -0.3 is 14.1 Å². The SMILES string of the molecule is C[C@H](c1ccccc1)N(Cc1ccoc1)C(=O)C1=CC(=O)CC(C)(C)O1. The average Bonchev–Trinajstić information content (AvgIpc) is 3.11. The third-order valence-corrected chi connectivity index (χ3v) is 4.43. The maximum absolute atomic E-state index is 13.2. The summed E-state index contributed by atoms with van der Waals surface area (Å²) in [4.78, 5) is 26.9. The second-order valence-corrected chi connectivity index (χ2v) is 7.16. The van der Waals surface area contributed by atoms with Gasteiger partial charge in [0.05, 0.1) is 18.6 Å². The number of carbonyl (C=O) groups excluding carboxylic acids is 2. The van der Waals surface area contributed by atoms with Gasteiger partial charge in [0.1, 0.15) is 5.60 Å². The van der Waals surface area contributed by atoms with E-state index in [1.165, 1.54) is 6.08 Å². The number of benzene rings is 1. The van der Waals surface area contributed by atoms with Crippen LogP contribution < -0.4 is 0 Å². The molecule has 0 bridgehead atoms. The van der Waals surface area contributed by atoms with Crippen molar-refractivity contribution in [2.24, 2.45) is 0 Å². The molecule has 0 aliphatic carbocycles. The fraction of sp³-hybridized carbons (Fsp3) is 0.333. The summed E-state index contributed by atoms with van der Waals surface area (Å²) >= 11 is 0. The fourth-order valence-corrected chi connectivity index (χ4v) is 3.10. The number of hydrogen-bond acceptors (Lipinski definition) is 4. The van der Waals surface area contributed by atoms with Crippen molar-refractivity contribution < 1.29 is 18.7 Å². The number of allylic oxidation sites excluding steroid dienone is 1. The minimum atomic E-state index is -0.686. The highest BCUT2D eigenvalue weighted by molar-refractivity contribution is 6.01. The summed E-state index contributed by atoms with van der Waals surface area (Å²) in [7, 11) is 0. The molecule has 1 aromatic heterocycles. The minimum Gasteiger partial charge on any atom is -0.481 e. The smallest absolute Gasteiger partial charge is 0.289 e. The van der Waals surface area contributed by atoms with Gasteiger partial charge in [-0.3, -0.25) is 9.59 Å². The zero-order valence-corrected chi connectivity index (χ0v) is 15.3. The molecule has 1 amide bonds. The molecule has 0 fully saturated rings. The van der Waals surface area contributed by atoms with E-state index in [1.807, 2.05) is 57.2 Å². The molecule has 0 unspecified atom stereocenters. The Morgan fingerprint density at radius 2 is 1.96 bits per heavy atom. The first-order chi connectivity index (χ1) is 12.4. The van der Waals surface area contributed by atoms with Crippen molar-refractivity contribution in [2.75, 3.05) is 0 Å². The van der Waals surface area contributed by atoms with Gasteiger partial charge in [0.2, 0.25) is 0 Å². The van der Waals surface area contributed by atoms with Gasteiger partial charge in [0, 0.05) is 24.6 Å². The van der Waals surface area contributed by atoms with Crippen LogP contribution in [0.2, 0.25) is 0 Å². The summed E-state index contributed by atoms with van der Waals surface area (Å²) in [5, 5.41) is 0. The monoisotopic (exact) mass is 353 g/mol. The van der Waals surface area contributed by atoms with Crippen LogP contribution in [0.15, 0.2) is 65.2 Å². The number of carbonyl (C=O) groups is 2. The second kappa shape index (κ2) is 7.20. The highest BCUT2D eigenvalue weighted by Gasteiger charge is 2.35. The van der Waals surface area contributed by atoms with Crippen molar-refractivity contribution in [2.45, 2.75) is 45.4 Å². The molecule has 5 nitrogen and oxygen atoms in total. The molecule has 0 saturated carbocycles. The van der Waals surface area contributed by atoms with Gasteiger partial charge in [-0.05, 0) is 32.4 Å². The van der Waals surface area contributed by atoms with Crippen molar-refractivity contribution in [3.8, 4) is 0 Å². The summed E-state index contributed by atoms with van der Waals surface area (Å²) in [6, 6.07) is 11.4. The summed E-state index contributed by atoms with van der Waals surface area (Å²) in [5.41, 5.74) is 1.20. The van der Waals surface area contributed by atoms with E-state index in [9.17, 15) is 9.59 Å². The van der Waals surface area contributed by atoms with Crippen LogP contribution in [-0.2, 0) is 20.9 Å². The van der Waals surface area contributed by atoms with Crippen molar-refractivity contribution in [1.82, 2.24) is 4.90 Å². The third kappa shape index (κ3) is 4.04. The van der Waals surface area contributed by atoms with Gasteiger partial charge in [-0.1, -0.05) is 30.3 Å². The molecule has 2 aromatic rings. The van der Waals surface area contributed by atoms with Crippen molar-refractivity contribution in [3.63, 3.8) is 0 Å². The van der Waals surface area contributed by atoms with Gasteiger partial charge >= 0.3 is 0 Å². The predicted molar refractivity (Wildman–Crippen MR) is 97.0 cm³/mol. The molecular weight excluding hydrogens is 330 g/mol. The zero-order valence-electron chi connectivity index (χ0n) is 15.3. The number of ketones is 1. The maximum Gasteiger partial charge on any atom is 0.289 e. The Balaban J connectivity index is 1.92. The Morgan fingerprint density at radius 1 is 1.23 bits per heavy atom. The lowest BCUT2D eigenvalue weighted by atomic mass is 9.98. The zero-order chi connectivity index (χ0) is 18.7. The quantitative estimate of drug-likeness (QED) is 0.814. The van der Waals surface area contributed by atoms with Crippen LogP contribution in [0.25, 0.3) is 0 Å². The molecule has 26 heavy (non-hydrogen) atoms. The normalized spacial score (nSPS) is 17.2. The summed E-state index contributed by atoms with van der Waals surface area (Å²) in [6.45, 7) is 5.95. The number of hydrogen-bond donors (Lipinski definition) is 0. The molecule has 0 saturated heterocycles. The fourth-order valence-electron chi connectivity index (χ4n) is 3.10. The highest BCUT2D eigenvalue weighted by Crippen LogP contribution is 2.29. The maximum atomic E-state index is 13.2. The molecule has 1 aromatic carbocycles. The van der Waals surface area contributed by atoms with Crippen LogP contribution in [0, 0.1) is 0 Å². The molecule has 0 radical (unpaired) electrons. The van der Waals surface area contributed by atoms with E-state index in [1.54, 1.807) is 17.4 Å². The number of furan rings is 1. The Kier molecular flexibility index (Phi) is 4.98. The Labute approximate surface area is 153 Å². The molecule has 136 valence electrons. The summed E-state index contributed by atoms with van der Waals surface area (Å²) in [6.07, 6.45) is 4.77. The van der Waals surface area contributed by atoms with E-state index in [0.29, 0.717) is 6.54 Å². The molecule has 0 N–H and O–H groups in total. The molecular formula is C21H23NO4. The van der Waals surface area contributed by atoms with Crippen molar-refractivity contribution in [3.05, 3.63) is 71.9 Å². The number of nitrogens with zero attached hydrogens (tertiary/aromatic N) is 1. The van der Waals surface area contributed by atoms with Crippen LogP contribution in [-0.4, -0.2) is 22.2 Å². The molecule has 0 spiro atoms. The molecule has 1 atom stereocenters. The van der Waals surface area contributed by atoms with Gasteiger partial charge in [-0.2, -0.15) is 0 Å². The van der Waals surface area contributed by atoms with E-state index in [4.69, 9.17) is 9.15 Å². The first-order valence-electron chi connectivity index (χ1n) is 8.66. The van der Waals surface area contributed by atoms with Gasteiger partial charge in [0.15, 0.2) is 11.5 Å². The predicted octanol–water partition coefficient (Wildman–Crippen LogP) is 4.02. The van der Waals surface area contributed by atoms with E-state index < -0.39 is 5.60 Å². The third-order valence-electron chi connectivity index (χ3n) is 4.43. The topological polar surface area (TPSA) is 59.8 Å². The lowest BCUT2D eigenvalue weighted by Gasteiger charge is -2.34. The minimum absolute atomic E-state index is 0.0949. The first-order valence-corrected chi connectivity index (χ1v) is 8.66. The van der Waals surface area contributed by atoms with Crippen molar-refractivity contribution >= 4 is 11.7 Å². The van der Waals surface area contributed by atoms with Crippen LogP contribution in [0.5, 0.6) is 0 Å². The van der Waals surface area contributed by atoms with Gasteiger partial charge in [0.25, 0.3) is 5.91 Å². The van der Waals surface area contributed by atoms with E-state index in [-0.39, 0.29) is 29.9 Å². The largest absolute Gasteiger partial charge is 0.481 e. The Hall–Kier alpha value is -2.82. The van der Waals surface area contributed by atoms with Crippen LogP contribution in [0.3, 0.4) is 0 Å². The number of ether oxygens (including phenoxy) is 1.